The molecule has 0 bridgehead atoms. The predicted octanol–water partition coefficient (Wildman–Crippen LogP) is 2.61. The van der Waals surface area contributed by atoms with Gasteiger partial charge in [0.05, 0.1) is 0 Å². The number of aromatic nitrogens is 4. The van der Waals surface area contributed by atoms with Crippen LogP contribution in [0.4, 0.5) is 5.82 Å². The third kappa shape index (κ3) is 5.35. The minimum absolute atomic E-state index is 0.0482. The van der Waals surface area contributed by atoms with Crippen LogP contribution in [0.25, 0.3) is 0 Å². The van der Waals surface area contributed by atoms with Gasteiger partial charge in [0.1, 0.15) is 17.3 Å². The molecule has 0 aliphatic carbocycles. The molecule has 2 aromatic heterocycles. The summed E-state index contributed by atoms with van der Waals surface area (Å²) in [5.41, 5.74) is 8.41. The molecule has 1 aliphatic heterocycles. The van der Waals surface area contributed by atoms with Gasteiger partial charge in [-0.2, -0.15) is 0 Å². The molecule has 3 rings (SSSR count). The van der Waals surface area contributed by atoms with Gasteiger partial charge in [0.25, 0.3) is 0 Å². The first-order valence-electron chi connectivity index (χ1n) is 10.0. The molecular formula is C20H28N6O2S. The number of hydrogen-bond acceptors (Lipinski definition) is 8. The van der Waals surface area contributed by atoms with Gasteiger partial charge in [0.15, 0.2) is 5.78 Å². The maximum absolute atomic E-state index is 12.7. The fourth-order valence-corrected chi connectivity index (χ4v) is 4.39. The zero-order chi connectivity index (χ0) is 21.0. The number of likely N-dealkylation sites (tertiary alicyclic amines) is 1. The molecule has 0 saturated carbocycles. The van der Waals surface area contributed by atoms with E-state index in [1.54, 1.807) is 5.38 Å². The summed E-state index contributed by atoms with van der Waals surface area (Å²) in [6.07, 6.45) is 3.99. The quantitative estimate of drug-likeness (QED) is 0.690. The lowest BCUT2D eigenvalue weighted by Gasteiger charge is -2.33. The molecule has 2 N–H and O–H groups in total. The van der Waals surface area contributed by atoms with Gasteiger partial charge in [-0.15, -0.1) is 5.10 Å². The van der Waals surface area contributed by atoms with E-state index in [-0.39, 0.29) is 24.0 Å². The third-order valence-electron chi connectivity index (χ3n) is 5.65. The van der Waals surface area contributed by atoms with E-state index < -0.39 is 0 Å². The molecule has 1 atom stereocenters. The summed E-state index contributed by atoms with van der Waals surface area (Å²) in [7, 11) is 0. The number of anilines is 1. The highest BCUT2D eigenvalue weighted by Gasteiger charge is 2.28. The molecule has 1 saturated heterocycles. The maximum atomic E-state index is 12.7. The second-order valence-corrected chi connectivity index (χ2v) is 8.46. The van der Waals surface area contributed by atoms with Gasteiger partial charge in [0.2, 0.25) is 5.91 Å². The van der Waals surface area contributed by atoms with Crippen molar-refractivity contribution >= 4 is 29.0 Å². The van der Waals surface area contributed by atoms with Gasteiger partial charge in [-0.05, 0) is 57.0 Å². The van der Waals surface area contributed by atoms with Gasteiger partial charge in [-0.25, -0.2) is 9.97 Å². The van der Waals surface area contributed by atoms with E-state index in [1.807, 2.05) is 25.7 Å². The number of hydrogen-bond donors (Lipinski definition) is 1. The molecule has 0 radical (unpaired) electrons. The van der Waals surface area contributed by atoms with E-state index in [9.17, 15) is 9.59 Å². The topological polar surface area (TPSA) is 115 Å². The summed E-state index contributed by atoms with van der Waals surface area (Å²) < 4.78 is 3.71. The van der Waals surface area contributed by atoms with Crippen molar-refractivity contribution in [3.8, 4) is 0 Å². The lowest BCUT2D eigenvalue weighted by molar-refractivity contribution is -0.136. The molecular weight excluding hydrogens is 388 g/mol. The number of rotatable bonds is 7. The molecule has 3 heterocycles. The molecule has 0 unspecified atom stereocenters. The largest absolute Gasteiger partial charge is 0.383 e. The molecule has 29 heavy (non-hydrogen) atoms. The summed E-state index contributed by atoms with van der Waals surface area (Å²) in [6.45, 7) is 7.11. The van der Waals surface area contributed by atoms with Crippen LogP contribution in [-0.4, -0.2) is 49.2 Å². The van der Waals surface area contributed by atoms with Gasteiger partial charge < -0.3 is 10.6 Å². The highest BCUT2D eigenvalue weighted by Crippen LogP contribution is 2.26. The number of Topliss-reactive ketones (excluding diaryl/α,β-unsaturated/α-hetero) is 1. The highest BCUT2D eigenvalue weighted by molar-refractivity contribution is 7.03. The van der Waals surface area contributed by atoms with E-state index in [0.29, 0.717) is 23.3 Å². The van der Waals surface area contributed by atoms with Crippen LogP contribution in [0.3, 0.4) is 0 Å². The van der Waals surface area contributed by atoms with Crippen molar-refractivity contribution in [2.24, 2.45) is 11.8 Å². The molecule has 8 nitrogen and oxygen atoms in total. The van der Waals surface area contributed by atoms with Crippen molar-refractivity contribution in [3.63, 3.8) is 0 Å². The number of nitrogens with zero attached hydrogens (tertiary/aromatic N) is 5. The van der Waals surface area contributed by atoms with Crippen LogP contribution in [0.1, 0.15) is 60.2 Å². The number of nitrogen functional groups attached to an aromatic ring is 1. The monoisotopic (exact) mass is 416 g/mol. The lowest BCUT2D eigenvalue weighted by Crippen LogP contribution is -2.41. The van der Waals surface area contributed by atoms with Gasteiger partial charge >= 0.3 is 0 Å². The van der Waals surface area contributed by atoms with Crippen molar-refractivity contribution in [2.75, 3.05) is 18.8 Å². The Morgan fingerprint density at radius 3 is 2.62 bits per heavy atom. The van der Waals surface area contributed by atoms with Gasteiger partial charge in [-0.3, -0.25) is 9.59 Å². The SMILES string of the molecule is Cc1nc(C)c(CCC2CCN(C(=O)[C@H](C)CC(=O)c3csnn3)CC2)c(N)n1. The summed E-state index contributed by atoms with van der Waals surface area (Å²) >= 11 is 1.14. The number of ketones is 1. The van der Waals surface area contributed by atoms with E-state index in [4.69, 9.17) is 5.73 Å². The standard InChI is InChI=1S/C20H28N6O2S/c1-12(10-18(27)17-11-29-25-24-17)20(28)26-8-6-15(7-9-26)4-5-16-13(2)22-14(3)23-19(16)21/h11-12,15H,4-10H2,1-3H3,(H2,21,22,23)/t12-/m1/s1. The van der Waals surface area contributed by atoms with E-state index in [0.717, 1.165) is 61.6 Å². The smallest absolute Gasteiger partial charge is 0.225 e. The zero-order valence-electron chi connectivity index (χ0n) is 17.2. The van der Waals surface area contributed by atoms with Crippen molar-refractivity contribution in [1.29, 1.82) is 0 Å². The summed E-state index contributed by atoms with van der Waals surface area (Å²) in [6, 6.07) is 0. The Kier molecular flexibility index (Phi) is 6.89. The summed E-state index contributed by atoms with van der Waals surface area (Å²) in [5, 5.41) is 5.41. The first kappa shape index (κ1) is 21.3. The fraction of sp³-hybridized carbons (Fsp3) is 0.600. The van der Waals surface area contributed by atoms with Crippen LogP contribution < -0.4 is 5.73 Å². The molecule has 0 aromatic carbocycles. The van der Waals surface area contributed by atoms with Crippen LogP contribution in [0, 0.1) is 25.7 Å². The first-order valence-corrected chi connectivity index (χ1v) is 10.9. The fourth-order valence-electron chi connectivity index (χ4n) is 3.93. The number of amides is 1. The molecule has 156 valence electrons. The van der Waals surface area contributed by atoms with Crippen LogP contribution in [-0.2, 0) is 11.2 Å². The van der Waals surface area contributed by atoms with Gasteiger partial charge in [0, 0.05) is 42.1 Å². The summed E-state index contributed by atoms with van der Waals surface area (Å²) in [4.78, 5) is 35.5. The van der Waals surface area contributed by atoms with Crippen molar-refractivity contribution in [2.45, 2.75) is 52.9 Å². The normalized spacial score (nSPS) is 16.0. The Morgan fingerprint density at radius 2 is 2.00 bits per heavy atom. The predicted molar refractivity (Wildman–Crippen MR) is 112 cm³/mol. The Hall–Kier alpha value is -2.42. The third-order valence-corrected chi connectivity index (χ3v) is 6.15. The summed E-state index contributed by atoms with van der Waals surface area (Å²) in [5.74, 6) is 1.42. The van der Waals surface area contributed by atoms with Crippen molar-refractivity contribution in [1.82, 2.24) is 24.5 Å². The van der Waals surface area contributed by atoms with Crippen molar-refractivity contribution in [3.05, 3.63) is 28.2 Å². The molecule has 0 spiro atoms. The Morgan fingerprint density at radius 1 is 1.28 bits per heavy atom. The average Bonchev–Trinajstić information content (AvgIpc) is 3.22. The van der Waals surface area contributed by atoms with Crippen LogP contribution in [0.15, 0.2) is 5.38 Å². The molecule has 2 aromatic rings. The van der Waals surface area contributed by atoms with E-state index >= 15 is 0 Å². The van der Waals surface area contributed by atoms with Crippen LogP contribution in [0.2, 0.25) is 0 Å². The number of carbonyl (C=O) groups excluding carboxylic acids is 2. The number of piperidine rings is 1. The first-order chi connectivity index (χ1) is 13.8. The minimum atomic E-state index is -0.340. The van der Waals surface area contributed by atoms with E-state index in [1.165, 1.54) is 0 Å². The van der Waals surface area contributed by atoms with Crippen molar-refractivity contribution < 1.29 is 9.59 Å². The number of carbonyl (C=O) groups is 2. The maximum Gasteiger partial charge on any atom is 0.225 e. The van der Waals surface area contributed by atoms with Gasteiger partial charge in [-0.1, -0.05) is 11.4 Å². The second-order valence-electron chi connectivity index (χ2n) is 7.85. The molecule has 1 fully saturated rings. The number of aryl methyl sites for hydroxylation is 2. The minimum Gasteiger partial charge on any atom is -0.383 e. The molecule has 1 aliphatic rings. The number of nitrogens with two attached hydrogens (primary N) is 1. The Balaban J connectivity index is 1.46. The lowest BCUT2D eigenvalue weighted by atomic mass is 9.89. The highest BCUT2D eigenvalue weighted by atomic mass is 32.1. The van der Waals surface area contributed by atoms with E-state index in [2.05, 4.69) is 19.6 Å². The Labute approximate surface area is 175 Å². The van der Waals surface area contributed by atoms with Crippen LogP contribution in [0.5, 0.6) is 0 Å². The second kappa shape index (κ2) is 9.39. The zero-order valence-corrected chi connectivity index (χ0v) is 18.0. The molecule has 9 heteroatoms. The molecule has 1 amide bonds. The van der Waals surface area contributed by atoms with Crippen LogP contribution >= 0.6 is 11.5 Å². The average molecular weight is 417 g/mol. The Bertz CT molecular complexity index is 839.